The smallest absolute Gasteiger partial charge is 0.266 e. The van der Waals surface area contributed by atoms with Gasteiger partial charge in [0.2, 0.25) is 0 Å². The van der Waals surface area contributed by atoms with Crippen molar-refractivity contribution in [1.82, 2.24) is 14.5 Å². The third-order valence-corrected chi connectivity index (χ3v) is 6.13. The van der Waals surface area contributed by atoms with Gasteiger partial charge in [0.05, 0.1) is 27.7 Å². The van der Waals surface area contributed by atoms with Gasteiger partial charge in [-0.3, -0.25) is 14.2 Å². The number of hydrogen-bond acceptors (Lipinski definition) is 3. The summed E-state index contributed by atoms with van der Waals surface area (Å²) in [6.45, 7) is 4.23. The fourth-order valence-electron chi connectivity index (χ4n) is 4.19. The Hall–Kier alpha value is -3.58. The molecule has 0 aliphatic carbocycles. The molecule has 4 aromatic rings. The van der Waals surface area contributed by atoms with Gasteiger partial charge in [0.25, 0.3) is 11.5 Å². The van der Waals surface area contributed by atoms with Crippen molar-refractivity contribution in [2.75, 3.05) is 6.54 Å². The zero-order valence-electron chi connectivity index (χ0n) is 19.3. The summed E-state index contributed by atoms with van der Waals surface area (Å²) in [5, 5.41) is 0.257. The highest BCUT2D eigenvalue weighted by Gasteiger charge is 2.29. The van der Waals surface area contributed by atoms with Crippen LogP contribution in [0.3, 0.4) is 0 Å². The average molecular weight is 496 g/mol. The lowest BCUT2D eigenvalue weighted by molar-refractivity contribution is 0.0659. The van der Waals surface area contributed by atoms with E-state index in [1.54, 1.807) is 29.2 Å². The third kappa shape index (κ3) is 4.82. The number of halogens is 3. The van der Waals surface area contributed by atoms with Gasteiger partial charge in [0.1, 0.15) is 17.5 Å². The highest BCUT2D eigenvalue weighted by atomic mass is 35.5. The Labute approximate surface area is 206 Å². The molecule has 0 saturated carbocycles. The number of amides is 1. The molecule has 0 aliphatic rings. The normalized spacial score (nSPS) is 12.0. The fourth-order valence-corrected chi connectivity index (χ4v) is 4.36. The summed E-state index contributed by atoms with van der Waals surface area (Å²) in [6, 6.07) is 15.7. The molecule has 3 aromatic carbocycles. The first-order valence-corrected chi connectivity index (χ1v) is 11.8. The van der Waals surface area contributed by atoms with Crippen LogP contribution < -0.4 is 5.56 Å². The molecule has 0 radical (unpaired) electrons. The van der Waals surface area contributed by atoms with Crippen molar-refractivity contribution in [2.45, 2.75) is 32.7 Å². The maximum atomic E-state index is 13.9. The number of benzene rings is 3. The molecule has 0 aliphatic heterocycles. The van der Waals surface area contributed by atoms with E-state index >= 15 is 0 Å². The van der Waals surface area contributed by atoms with Crippen LogP contribution in [0.1, 0.15) is 48.9 Å². The molecule has 35 heavy (non-hydrogen) atoms. The van der Waals surface area contributed by atoms with Gasteiger partial charge in [-0.15, -0.1) is 0 Å². The van der Waals surface area contributed by atoms with E-state index in [9.17, 15) is 18.4 Å². The highest BCUT2D eigenvalue weighted by molar-refractivity contribution is 6.30. The Bertz CT molecular complexity index is 1440. The molecule has 1 atom stereocenters. The van der Waals surface area contributed by atoms with E-state index in [0.29, 0.717) is 47.4 Å². The van der Waals surface area contributed by atoms with Crippen molar-refractivity contribution in [2.24, 2.45) is 0 Å². The minimum atomic E-state index is -0.607. The summed E-state index contributed by atoms with van der Waals surface area (Å²) >= 11 is 6.05. The van der Waals surface area contributed by atoms with Crippen LogP contribution in [0.15, 0.2) is 71.5 Å². The van der Waals surface area contributed by atoms with Gasteiger partial charge < -0.3 is 4.90 Å². The van der Waals surface area contributed by atoms with E-state index in [-0.39, 0.29) is 16.5 Å². The summed E-state index contributed by atoms with van der Waals surface area (Å²) < 4.78 is 28.8. The zero-order chi connectivity index (χ0) is 25.1. The minimum Gasteiger partial charge on any atom is -0.328 e. The topological polar surface area (TPSA) is 55.2 Å². The lowest BCUT2D eigenvalue weighted by Crippen LogP contribution is -2.39. The largest absolute Gasteiger partial charge is 0.328 e. The SMILES string of the molecule is CCCN(C(=O)c1ccc(F)cc1)C(CC)c1nc2ccccc2c(=O)n1-c1ccc(F)c(Cl)c1. The lowest BCUT2D eigenvalue weighted by atomic mass is 10.1. The van der Waals surface area contributed by atoms with Crippen LogP contribution in [-0.2, 0) is 0 Å². The summed E-state index contributed by atoms with van der Waals surface area (Å²) in [6.07, 6.45) is 1.11. The Kier molecular flexibility index (Phi) is 7.26. The summed E-state index contributed by atoms with van der Waals surface area (Å²) in [4.78, 5) is 33.6. The molecule has 0 bridgehead atoms. The van der Waals surface area contributed by atoms with Crippen LogP contribution in [0.5, 0.6) is 0 Å². The molecular weight excluding hydrogens is 472 g/mol. The maximum absolute atomic E-state index is 13.9. The number of nitrogens with zero attached hydrogens (tertiary/aromatic N) is 3. The predicted octanol–water partition coefficient (Wildman–Crippen LogP) is 6.32. The van der Waals surface area contributed by atoms with Crippen molar-refractivity contribution in [3.63, 3.8) is 0 Å². The highest BCUT2D eigenvalue weighted by Crippen LogP contribution is 2.29. The first kappa shape index (κ1) is 24.5. The number of rotatable bonds is 7. The van der Waals surface area contributed by atoms with E-state index in [1.165, 1.54) is 47.0 Å². The van der Waals surface area contributed by atoms with Gasteiger partial charge in [-0.1, -0.05) is 37.6 Å². The van der Waals surface area contributed by atoms with Crippen LogP contribution in [0.25, 0.3) is 16.6 Å². The molecule has 0 N–H and O–H groups in total. The van der Waals surface area contributed by atoms with Crippen LogP contribution in [0.2, 0.25) is 5.02 Å². The van der Waals surface area contributed by atoms with Gasteiger partial charge in [0, 0.05) is 12.1 Å². The number of aromatic nitrogens is 2. The molecule has 1 unspecified atom stereocenters. The summed E-state index contributed by atoms with van der Waals surface area (Å²) in [5.74, 6) is -1.01. The molecule has 180 valence electrons. The molecular formula is C27H24ClF2N3O2. The molecule has 1 amide bonds. The Morgan fingerprint density at radius 1 is 1.06 bits per heavy atom. The summed E-state index contributed by atoms with van der Waals surface area (Å²) in [7, 11) is 0. The van der Waals surface area contributed by atoms with Gasteiger partial charge in [-0.05, 0) is 67.4 Å². The number of carbonyl (C=O) groups is 1. The Morgan fingerprint density at radius 2 is 1.77 bits per heavy atom. The molecule has 0 fully saturated rings. The number of carbonyl (C=O) groups excluding carboxylic acids is 1. The maximum Gasteiger partial charge on any atom is 0.266 e. The standard InChI is InChI=1S/C27H24ClF2N3O2/c1-3-15-32(26(34)17-9-11-18(29)12-10-17)24(4-2)25-31-23-8-6-5-7-20(23)27(35)33(25)19-13-14-22(30)21(28)16-19/h5-14,16,24H,3-4,15H2,1-2H3. The van der Waals surface area contributed by atoms with Gasteiger partial charge in [-0.25, -0.2) is 13.8 Å². The number of hydrogen-bond donors (Lipinski definition) is 0. The molecule has 1 aromatic heterocycles. The Morgan fingerprint density at radius 3 is 2.43 bits per heavy atom. The van der Waals surface area contributed by atoms with Crippen molar-refractivity contribution >= 4 is 28.4 Å². The number of fused-ring (bicyclic) bond motifs is 1. The summed E-state index contributed by atoms with van der Waals surface area (Å²) in [5.41, 5.74) is 0.815. The second kappa shape index (κ2) is 10.4. The zero-order valence-corrected chi connectivity index (χ0v) is 20.1. The van der Waals surface area contributed by atoms with Crippen LogP contribution >= 0.6 is 11.6 Å². The van der Waals surface area contributed by atoms with E-state index in [0.717, 1.165) is 0 Å². The second-order valence-corrected chi connectivity index (χ2v) is 8.56. The van der Waals surface area contributed by atoms with Crippen molar-refractivity contribution in [3.8, 4) is 5.69 Å². The van der Waals surface area contributed by atoms with Crippen molar-refractivity contribution in [1.29, 1.82) is 0 Å². The van der Waals surface area contributed by atoms with Crippen molar-refractivity contribution < 1.29 is 13.6 Å². The van der Waals surface area contributed by atoms with Gasteiger partial charge >= 0.3 is 0 Å². The van der Waals surface area contributed by atoms with E-state index in [1.807, 2.05) is 13.8 Å². The first-order valence-electron chi connectivity index (χ1n) is 11.4. The predicted molar refractivity (Wildman–Crippen MR) is 133 cm³/mol. The number of para-hydroxylation sites is 1. The van der Waals surface area contributed by atoms with Crippen molar-refractivity contribution in [3.05, 3.63) is 105 Å². The molecule has 8 heteroatoms. The molecule has 0 saturated heterocycles. The minimum absolute atomic E-state index is 0.130. The molecule has 5 nitrogen and oxygen atoms in total. The van der Waals surface area contributed by atoms with E-state index in [4.69, 9.17) is 16.6 Å². The molecule has 1 heterocycles. The Balaban J connectivity index is 1.95. The lowest BCUT2D eigenvalue weighted by Gasteiger charge is -2.32. The van der Waals surface area contributed by atoms with Crippen LogP contribution in [0, 0.1) is 11.6 Å². The van der Waals surface area contributed by atoms with Gasteiger partial charge in [-0.2, -0.15) is 0 Å². The average Bonchev–Trinajstić information content (AvgIpc) is 2.86. The second-order valence-electron chi connectivity index (χ2n) is 8.16. The first-order chi connectivity index (χ1) is 16.8. The van der Waals surface area contributed by atoms with E-state index in [2.05, 4.69) is 0 Å². The quantitative estimate of drug-likeness (QED) is 0.301. The fraction of sp³-hybridized carbons (Fsp3) is 0.222. The third-order valence-electron chi connectivity index (χ3n) is 5.84. The monoisotopic (exact) mass is 495 g/mol. The molecule has 4 rings (SSSR count). The van der Waals surface area contributed by atoms with Crippen LogP contribution in [-0.4, -0.2) is 26.9 Å². The van der Waals surface area contributed by atoms with Gasteiger partial charge in [0.15, 0.2) is 0 Å². The molecule has 0 spiro atoms. The van der Waals surface area contributed by atoms with E-state index < -0.39 is 17.7 Å². The van der Waals surface area contributed by atoms with Crippen LogP contribution in [0.4, 0.5) is 8.78 Å².